The molecular weight excluding hydrogens is 360 g/mol. The summed E-state index contributed by atoms with van der Waals surface area (Å²) in [4.78, 5) is 16.6. The molecule has 1 aliphatic rings. The van der Waals surface area contributed by atoms with Crippen molar-refractivity contribution >= 4 is 21.9 Å². The number of ether oxygens (including phenoxy) is 1. The zero-order chi connectivity index (χ0) is 17.1. The number of nitrogens with zero attached hydrogens (tertiary/aromatic N) is 2. The van der Waals surface area contributed by atoms with Gasteiger partial charge in [-0.3, -0.25) is 0 Å². The Morgan fingerprint density at radius 2 is 2.00 bits per heavy atom. The molecule has 1 heterocycles. The molecule has 130 valence electrons. The molecule has 1 N–H and O–H groups in total. The fraction of sp³-hybridized carbons (Fsp3) is 0.765. The van der Waals surface area contributed by atoms with Crippen molar-refractivity contribution in [2.45, 2.75) is 65.5 Å². The second-order valence-corrected chi connectivity index (χ2v) is 7.47. The monoisotopic (exact) mass is 386 g/mol. The molecular formula is C17H27BrN2O3. The average molecular weight is 387 g/mol. The van der Waals surface area contributed by atoms with Crippen molar-refractivity contribution in [2.75, 3.05) is 6.61 Å². The molecule has 0 aliphatic heterocycles. The van der Waals surface area contributed by atoms with Crippen LogP contribution in [0.3, 0.4) is 0 Å². The van der Waals surface area contributed by atoms with Crippen molar-refractivity contribution in [3.05, 3.63) is 16.1 Å². The maximum atomic E-state index is 12.3. The normalized spacial score (nSPS) is 23.1. The lowest BCUT2D eigenvalue weighted by molar-refractivity contribution is 0.0477. The Kier molecular flexibility index (Phi) is 6.26. The third kappa shape index (κ3) is 3.97. The lowest BCUT2D eigenvalue weighted by Gasteiger charge is -2.31. The van der Waals surface area contributed by atoms with Gasteiger partial charge in [-0.15, -0.1) is 0 Å². The molecule has 0 amide bonds. The number of aliphatic hydroxyl groups excluding tert-OH is 1. The van der Waals surface area contributed by atoms with E-state index in [1.54, 1.807) is 6.92 Å². The molecule has 1 fully saturated rings. The number of hydrogen-bond acceptors (Lipinski definition) is 4. The van der Waals surface area contributed by atoms with Crippen LogP contribution in [0.2, 0.25) is 0 Å². The second kappa shape index (κ2) is 7.79. The predicted octanol–water partition coefficient (Wildman–Crippen LogP) is 4.26. The molecule has 6 heteroatoms. The predicted molar refractivity (Wildman–Crippen MR) is 92.4 cm³/mol. The number of aromatic nitrogens is 2. The largest absolute Gasteiger partial charge is 0.461 e. The van der Waals surface area contributed by atoms with Crippen LogP contribution in [-0.4, -0.2) is 27.2 Å². The number of carbonyl (C=O) groups is 1. The molecule has 0 aromatic carbocycles. The highest BCUT2D eigenvalue weighted by molar-refractivity contribution is 9.10. The number of rotatable bonds is 5. The van der Waals surface area contributed by atoms with Crippen LogP contribution >= 0.6 is 15.9 Å². The fourth-order valence-corrected chi connectivity index (χ4v) is 4.14. The number of hydrogen-bond donors (Lipinski definition) is 1. The van der Waals surface area contributed by atoms with Gasteiger partial charge in [0.1, 0.15) is 0 Å². The van der Waals surface area contributed by atoms with Gasteiger partial charge in [0.15, 0.2) is 10.4 Å². The molecule has 0 radical (unpaired) electrons. The van der Waals surface area contributed by atoms with Crippen molar-refractivity contribution < 1.29 is 14.6 Å². The Hall–Kier alpha value is -0.880. The van der Waals surface area contributed by atoms with Crippen molar-refractivity contribution in [3.8, 4) is 0 Å². The maximum absolute atomic E-state index is 12.3. The molecule has 0 saturated heterocycles. The summed E-state index contributed by atoms with van der Waals surface area (Å²) in [5.41, 5.74) is 0.823. The van der Waals surface area contributed by atoms with E-state index in [4.69, 9.17) is 4.74 Å². The van der Waals surface area contributed by atoms with E-state index in [0.717, 1.165) is 25.7 Å². The molecule has 1 aromatic heterocycles. The minimum Gasteiger partial charge on any atom is -0.461 e. The highest BCUT2D eigenvalue weighted by Gasteiger charge is 2.34. The van der Waals surface area contributed by atoms with Crippen LogP contribution in [0.5, 0.6) is 0 Å². The van der Waals surface area contributed by atoms with E-state index in [9.17, 15) is 9.90 Å². The number of carbonyl (C=O) groups excluding carboxylic acids is 1. The van der Waals surface area contributed by atoms with E-state index in [-0.39, 0.29) is 17.7 Å². The van der Waals surface area contributed by atoms with Gasteiger partial charge in [-0.2, -0.15) is 0 Å². The first-order chi connectivity index (χ1) is 10.9. The summed E-state index contributed by atoms with van der Waals surface area (Å²) in [6, 6.07) is 0.0900. The van der Waals surface area contributed by atoms with E-state index in [1.807, 2.05) is 18.4 Å². The molecule has 0 spiro atoms. The third-order valence-corrected chi connectivity index (χ3v) is 5.24. The second-order valence-electron chi connectivity index (χ2n) is 6.76. The summed E-state index contributed by atoms with van der Waals surface area (Å²) < 4.78 is 7.59. The van der Waals surface area contributed by atoms with Gasteiger partial charge in [0, 0.05) is 6.04 Å². The molecule has 0 bridgehead atoms. The molecule has 23 heavy (non-hydrogen) atoms. The average Bonchev–Trinajstić information content (AvgIpc) is 2.85. The van der Waals surface area contributed by atoms with Gasteiger partial charge in [0.05, 0.1) is 18.4 Å². The molecule has 1 unspecified atom stereocenters. The molecule has 1 atom stereocenters. The lowest BCUT2D eigenvalue weighted by Crippen LogP contribution is -2.24. The minimum atomic E-state index is -0.692. The summed E-state index contributed by atoms with van der Waals surface area (Å²) in [7, 11) is 0. The van der Waals surface area contributed by atoms with E-state index in [2.05, 4.69) is 27.8 Å². The summed E-state index contributed by atoms with van der Waals surface area (Å²) in [5, 5.41) is 11.0. The quantitative estimate of drug-likeness (QED) is 0.767. The van der Waals surface area contributed by atoms with E-state index >= 15 is 0 Å². The van der Waals surface area contributed by atoms with Crippen LogP contribution in [0, 0.1) is 11.8 Å². The number of esters is 1. The zero-order valence-electron chi connectivity index (χ0n) is 14.4. The van der Waals surface area contributed by atoms with Gasteiger partial charge >= 0.3 is 5.97 Å². The molecule has 2 rings (SSSR count). The van der Waals surface area contributed by atoms with E-state index in [0.29, 0.717) is 23.0 Å². The summed E-state index contributed by atoms with van der Waals surface area (Å²) in [6.45, 7) is 8.34. The highest BCUT2D eigenvalue weighted by Crippen LogP contribution is 2.39. The van der Waals surface area contributed by atoms with Gasteiger partial charge in [-0.25, -0.2) is 9.78 Å². The Morgan fingerprint density at radius 3 is 2.52 bits per heavy atom. The van der Waals surface area contributed by atoms with Crippen molar-refractivity contribution in [3.63, 3.8) is 0 Å². The van der Waals surface area contributed by atoms with Crippen LogP contribution in [-0.2, 0) is 4.74 Å². The third-order valence-electron chi connectivity index (χ3n) is 4.68. The van der Waals surface area contributed by atoms with Crippen molar-refractivity contribution in [1.29, 1.82) is 0 Å². The van der Waals surface area contributed by atoms with Crippen molar-refractivity contribution in [2.24, 2.45) is 11.8 Å². The van der Waals surface area contributed by atoms with Crippen LogP contribution in [0.4, 0.5) is 0 Å². The molecule has 1 aromatic rings. The number of aliphatic hydroxyl groups is 1. The SMILES string of the molecule is CCOC(=O)c1nc(Br)n(C(C)C)c1C(O)C1CCC(C)CC1. The smallest absolute Gasteiger partial charge is 0.358 e. The minimum absolute atomic E-state index is 0.0900. The van der Waals surface area contributed by atoms with Gasteiger partial charge in [0.2, 0.25) is 0 Å². The Morgan fingerprint density at radius 1 is 1.39 bits per heavy atom. The summed E-state index contributed by atoms with van der Waals surface area (Å²) >= 11 is 3.42. The zero-order valence-corrected chi connectivity index (χ0v) is 16.0. The first-order valence-electron chi connectivity index (χ1n) is 8.49. The topological polar surface area (TPSA) is 64.3 Å². The van der Waals surface area contributed by atoms with E-state index < -0.39 is 12.1 Å². The van der Waals surface area contributed by atoms with Crippen LogP contribution < -0.4 is 0 Å². The first kappa shape index (κ1) is 18.5. The number of imidazole rings is 1. The van der Waals surface area contributed by atoms with Gasteiger partial charge < -0.3 is 14.4 Å². The molecule has 1 saturated carbocycles. The van der Waals surface area contributed by atoms with Crippen LogP contribution in [0.15, 0.2) is 4.73 Å². The van der Waals surface area contributed by atoms with Gasteiger partial charge in [-0.1, -0.05) is 19.8 Å². The molecule has 5 nitrogen and oxygen atoms in total. The lowest BCUT2D eigenvalue weighted by atomic mass is 9.79. The highest BCUT2D eigenvalue weighted by atomic mass is 79.9. The first-order valence-corrected chi connectivity index (χ1v) is 9.28. The summed E-state index contributed by atoms with van der Waals surface area (Å²) in [5.74, 6) is 0.413. The van der Waals surface area contributed by atoms with Crippen molar-refractivity contribution in [1.82, 2.24) is 9.55 Å². The Bertz CT molecular complexity index is 548. The van der Waals surface area contributed by atoms with E-state index in [1.165, 1.54) is 0 Å². The van der Waals surface area contributed by atoms with Gasteiger partial charge in [0.25, 0.3) is 0 Å². The van der Waals surface area contributed by atoms with Crippen LogP contribution in [0.1, 0.15) is 81.7 Å². The Balaban J connectivity index is 2.39. The summed E-state index contributed by atoms with van der Waals surface area (Å²) in [6.07, 6.45) is 3.50. The number of halogens is 1. The molecule has 1 aliphatic carbocycles. The standard InChI is InChI=1S/C17H27BrN2O3/c1-5-23-16(22)13-14(20(10(2)3)17(18)19-13)15(21)12-8-6-11(4)7-9-12/h10-12,15,21H,5-9H2,1-4H3. The fourth-order valence-electron chi connectivity index (χ4n) is 3.37. The maximum Gasteiger partial charge on any atom is 0.358 e. The van der Waals surface area contributed by atoms with Gasteiger partial charge in [-0.05, 0) is 61.4 Å². The Labute approximate surface area is 146 Å². The van der Waals surface area contributed by atoms with Crippen LogP contribution in [0.25, 0.3) is 0 Å².